The third-order valence-electron chi connectivity index (χ3n) is 2.45. The number of nitrogens with zero attached hydrogens (tertiary/aromatic N) is 2. The molecule has 5 nitrogen and oxygen atoms in total. The normalized spacial score (nSPS) is 10.3. The van der Waals surface area contributed by atoms with Crippen LogP contribution in [0.3, 0.4) is 0 Å². The molecule has 0 unspecified atom stereocenters. The van der Waals surface area contributed by atoms with Crippen LogP contribution >= 0.6 is 12.6 Å². The van der Waals surface area contributed by atoms with Gasteiger partial charge in [0.1, 0.15) is 5.82 Å². The molecule has 0 saturated carbocycles. The molecule has 0 amide bonds. The maximum atomic E-state index is 11.1. The second-order valence-corrected chi connectivity index (χ2v) is 4.10. The number of hydrogen-bond acceptors (Lipinski definition) is 5. The average molecular weight is 261 g/mol. The topological polar surface area (TPSA) is 89.1 Å². The SMILES string of the molecule is Nc1nc(S)nc(C(=O)O)c1Cc1ccccc1. The summed E-state index contributed by atoms with van der Waals surface area (Å²) in [4.78, 5) is 18.8. The largest absolute Gasteiger partial charge is 0.476 e. The number of anilines is 1. The van der Waals surface area contributed by atoms with Gasteiger partial charge in [-0.2, -0.15) is 0 Å². The predicted molar refractivity (Wildman–Crippen MR) is 69.9 cm³/mol. The summed E-state index contributed by atoms with van der Waals surface area (Å²) in [6, 6.07) is 9.41. The molecule has 2 aromatic rings. The fourth-order valence-electron chi connectivity index (χ4n) is 1.64. The van der Waals surface area contributed by atoms with Crippen LogP contribution in [-0.4, -0.2) is 21.0 Å². The maximum Gasteiger partial charge on any atom is 0.355 e. The molecule has 0 aliphatic carbocycles. The zero-order chi connectivity index (χ0) is 13.1. The van der Waals surface area contributed by atoms with Crippen molar-refractivity contribution in [3.05, 3.63) is 47.2 Å². The molecule has 18 heavy (non-hydrogen) atoms. The lowest BCUT2D eigenvalue weighted by atomic mass is 10.0. The summed E-state index contributed by atoms with van der Waals surface area (Å²) in [6.07, 6.45) is 0.377. The van der Waals surface area contributed by atoms with Crippen molar-refractivity contribution in [3.8, 4) is 0 Å². The van der Waals surface area contributed by atoms with Gasteiger partial charge in [0.05, 0.1) is 0 Å². The first-order valence-corrected chi connectivity index (χ1v) is 5.65. The van der Waals surface area contributed by atoms with Crippen LogP contribution in [0.4, 0.5) is 5.82 Å². The van der Waals surface area contributed by atoms with Gasteiger partial charge in [-0.3, -0.25) is 0 Å². The van der Waals surface area contributed by atoms with Crippen molar-refractivity contribution in [3.63, 3.8) is 0 Å². The fourth-order valence-corrected chi connectivity index (χ4v) is 1.85. The van der Waals surface area contributed by atoms with Gasteiger partial charge in [0.25, 0.3) is 0 Å². The van der Waals surface area contributed by atoms with Crippen LogP contribution in [0, 0.1) is 0 Å². The molecule has 0 aliphatic rings. The van der Waals surface area contributed by atoms with E-state index >= 15 is 0 Å². The standard InChI is InChI=1S/C12H11N3O2S/c13-10-8(6-7-4-2-1-3-5-7)9(11(16)17)14-12(18)15-10/h1-5H,6H2,(H,16,17)(H3,13,14,15,18). The minimum absolute atomic E-state index is 0.0571. The van der Waals surface area contributed by atoms with Gasteiger partial charge in [-0.1, -0.05) is 30.3 Å². The van der Waals surface area contributed by atoms with Gasteiger partial charge in [-0.15, -0.1) is 12.6 Å². The number of carboxylic acids is 1. The highest BCUT2D eigenvalue weighted by Gasteiger charge is 2.17. The molecule has 0 radical (unpaired) electrons. The molecule has 1 aromatic carbocycles. The molecule has 0 spiro atoms. The van der Waals surface area contributed by atoms with E-state index < -0.39 is 5.97 Å². The number of carboxylic acid groups (broad SMARTS) is 1. The highest BCUT2D eigenvalue weighted by molar-refractivity contribution is 7.80. The molecule has 6 heteroatoms. The molecular formula is C12H11N3O2S. The highest BCUT2D eigenvalue weighted by atomic mass is 32.1. The number of benzene rings is 1. The average Bonchev–Trinajstić information content (AvgIpc) is 2.33. The molecule has 0 atom stereocenters. The Morgan fingerprint density at radius 2 is 1.94 bits per heavy atom. The van der Waals surface area contributed by atoms with Gasteiger partial charge in [0.2, 0.25) is 0 Å². The Balaban J connectivity index is 2.47. The van der Waals surface area contributed by atoms with Gasteiger partial charge >= 0.3 is 5.97 Å². The van der Waals surface area contributed by atoms with Gasteiger partial charge in [0.15, 0.2) is 10.9 Å². The molecule has 0 bridgehead atoms. The van der Waals surface area contributed by atoms with E-state index in [2.05, 4.69) is 22.6 Å². The Bertz CT molecular complexity index is 587. The van der Waals surface area contributed by atoms with Crippen molar-refractivity contribution < 1.29 is 9.90 Å². The smallest absolute Gasteiger partial charge is 0.355 e. The fraction of sp³-hybridized carbons (Fsp3) is 0.0833. The van der Waals surface area contributed by atoms with Gasteiger partial charge in [-0.05, 0) is 5.56 Å². The first-order chi connectivity index (χ1) is 8.58. The number of aromatic nitrogens is 2. The quantitative estimate of drug-likeness (QED) is 0.577. The summed E-state index contributed by atoms with van der Waals surface area (Å²) in [5, 5.41) is 9.17. The van der Waals surface area contributed by atoms with Gasteiger partial charge in [-0.25, -0.2) is 14.8 Å². The Labute approximate surface area is 109 Å². The number of aromatic carboxylic acids is 1. The lowest BCUT2D eigenvalue weighted by Gasteiger charge is -2.08. The van der Waals surface area contributed by atoms with E-state index in [1.165, 1.54) is 0 Å². The van der Waals surface area contributed by atoms with Crippen molar-refractivity contribution in [1.29, 1.82) is 0 Å². The van der Waals surface area contributed by atoms with Crippen molar-refractivity contribution in [2.24, 2.45) is 0 Å². The molecular weight excluding hydrogens is 250 g/mol. The van der Waals surface area contributed by atoms with Gasteiger partial charge in [0, 0.05) is 12.0 Å². The van der Waals surface area contributed by atoms with Crippen LogP contribution in [0.15, 0.2) is 35.5 Å². The van der Waals surface area contributed by atoms with E-state index in [9.17, 15) is 4.79 Å². The molecule has 1 heterocycles. The first-order valence-electron chi connectivity index (χ1n) is 5.20. The van der Waals surface area contributed by atoms with Crippen molar-refractivity contribution >= 4 is 24.4 Å². The van der Waals surface area contributed by atoms with E-state index in [1.807, 2.05) is 30.3 Å². The second-order valence-electron chi connectivity index (χ2n) is 3.70. The van der Waals surface area contributed by atoms with Crippen LogP contribution < -0.4 is 5.73 Å². The highest BCUT2D eigenvalue weighted by Crippen LogP contribution is 2.19. The predicted octanol–water partition coefficient (Wildman–Crippen LogP) is 1.64. The van der Waals surface area contributed by atoms with Crippen LogP contribution in [0.5, 0.6) is 0 Å². The molecule has 92 valence electrons. The number of carbonyl (C=O) groups is 1. The monoisotopic (exact) mass is 261 g/mol. The van der Waals surface area contributed by atoms with Crippen LogP contribution in [-0.2, 0) is 6.42 Å². The Morgan fingerprint density at radius 1 is 1.28 bits per heavy atom. The summed E-state index contributed by atoms with van der Waals surface area (Å²) >= 11 is 3.93. The first kappa shape index (κ1) is 12.4. The molecule has 0 fully saturated rings. The number of rotatable bonds is 3. The zero-order valence-corrected chi connectivity index (χ0v) is 10.3. The van der Waals surface area contributed by atoms with Crippen molar-refractivity contribution in [1.82, 2.24) is 9.97 Å². The zero-order valence-electron chi connectivity index (χ0n) is 9.37. The van der Waals surface area contributed by atoms with Crippen LogP contribution in [0.1, 0.15) is 21.6 Å². The summed E-state index contributed by atoms with van der Waals surface area (Å²) in [5.74, 6) is -0.985. The number of nitrogens with two attached hydrogens (primary N) is 1. The van der Waals surface area contributed by atoms with Crippen molar-refractivity contribution in [2.75, 3.05) is 5.73 Å². The summed E-state index contributed by atoms with van der Waals surface area (Å²) in [6.45, 7) is 0. The third-order valence-corrected chi connectivity index (χ3v) is 2.65. The van der Waals surface area contributed by atoms with E-state index in [0.717, 1.165) is 5.56 Å². The molecule has 0 aliphatic heterocycles. The van der Waals surface area contributed by atoms with Crippen molar-refractivity contribution in [2.45, 2.75) is 11.6 Å². The summed E-state index contributed by atoms with van der Waals surface area (Å²) in [5.41, 5.74) is 7.00. The Morgan fingerprint density at radius 3 is 2.56 bits per heavy atom. The van der Waals surface area contributed by atoms with Crippen LogP contribution in [0.2, 0.25) is 0 Å². The Kier molecular flexibility index (Phi) is 3.47. The minimum atomic E-state index is -1.13. The minimum Gasteiger partial charge on any atom is -0.476 e. The van der Waals surface area contributed by atoms with E-state index in [0.29, 0.717) is 12.0 Å². The lowest BCUT2D eigenvalue weighted by Crippen LogP contribution is -2.12. The van der Waals surface area contributed by atoms with Crippen LogP contribution in [0.25, 0.3) is 0 Å². The van der Waals surface area contributed by atoms with Gasteiger partial charge < -0.3 is 10.8 Å². The second kappa shape index (κ2) is 5.05. The van der Waals surface area contributed by atoms with E-state index in [1.54, 1.807) is 0 Å². The number of nitrogen functional groups attached to an aromatic ring is 1. The number of thiol groups is 1. The number of hydrogen-bond donors (Lipinski definition) is 3. The summed E-state index contributed by atoms with van der Waals surface area (Å²) < 4.78 is 0. The lowest BCUT2D eigenvalue weighted by molar-refractivity contribution is 0.0688. The molecule has 2 rings (SSSR count). The maximum absolute atomic E-state index is 11.1. The Hall–Kier alpha value is -2.08. The summed E-state index contributed by atoms with van der Waals surface area (Å²) in [7, 11) is 0. The molecule has 0 saturated heterocycles. The van der Waals surface area contributed by atoms with E-state index in [4.69, 9.17) is 10.8 Å². The molecule has 1 aromatic heterocycles. The molecule has 3 N–H and O–H groups in total. The van der Waals surface area contributed by atoms with E-state index in [-0.39, 0.29) is 16.7 Å². The third kappa shape index (κ3) is 2.60.